The van der Waals surface area contributed by atoms with Crippen LogP contribution in [0.15, 0.2) is 77.6 Å². The molecule has 102 valence electrons. The van der Waals surface area contributed by atoms with Crippen LogP contribution >= 0.6 is 0 Å². The van der Waals surface area contributed by atoms with Crippen molar-refractivity contribution in [3.8, 4) is 0 Å². The topological polar surface area (TPSA) is 38.4 Å². The molecule has 0 spiro atoms. The molecular formula is C17H24N2. The number of aliphatic imine (C=N–C) groups is 1. The Morgan fingerprint density at radius 1 is 1.26 bits per heavy atom. The molecule has 0 bridgehead atoms. The highest BCUT2D eigenvalue weighted by Gasteiger charge is 2.05. The van der Waals surface area contributed by atoms with Crippen molar-refractivity contribution < 1.29 is 0 Å². The molecule has 0 unspecified atom stereocenters. The van der Waals surface area contributed by atoms with Gasteiger partial charge in [0.1, 0.15) is 0 Å². The third-order valence-corrected chi connectivity index (χ3v) is 2.62. The Balaban J connectivity index is 5.57. The van der Waals surface area contributed by atoms with E-state index >= 15 is 0 Å². The molecule has 0 aromatic heterocycles. The molecule has 2 heteroatoms. The van der Waals surface area contributed by atoms with E-state index in [1.165, 1.54) is 17.3 Å². The highest BCUT2D eigenvalue weighted by Crippen LogP contribution is 2.17. The standard InChI is InChI=1S/C17H24N2/c1-7-10-15(11-12-18)14(6)19-17(9-3)16(8-2)13(4)5/h7,9-12H,1,3,6,8,18H2,2,4-5H3/b12-11-,15-10+,19-17?. The summed E-state index contributed by atoms with van der Waals surface area (Å²) < 4.78 is 0. The minimum Gasteiger partial charge on any atom is -0.405 e. The van der Waals surface area contributed by atoms with Gasteiger partial charge in [-0.2, -0.15) is 0 Å². The molecule has 0 aromatic rings. The minimum absolute atomic E-state index is 0.642. The van der Waals surface area contributed by atoms with Gasteiger partial charge in [-0.05, 0) is 44.2 Å². The summed E-state index contributed by atoms with van der Waals surface area (Å²) in [6, 6.07) is 0. The van der Waals surface area contributed by atoms with E-state index in [2.05, 4.69) is 45.5 Å². The second-order valence-electron chi connectivity index (χ2n) is 4.20. The summed E-state index contributed by atoms with van der Waals surface area (Å²) in [7, 11) is 0. The van der Waals surface area contributed by atoms with E-state index in [1.807, 2.05) is 6.08 Å². The second-order valence-corrected chi connectivity index (χ2v) is 4.20. The maximum atomic E-state index is 5.42. The summed E-state index contributed by atoms with van der Waals surface area (Å²) in [6.45, 7) is 17.7. The van der Waals surface area contributed by atoms with Gasteiger partial charge in [0.2, 0.25) is 0 Å². The lowest BCUT2D eigenvalue weighted by molar-refractivity contribution is 1.12. The predicted molar refractivity (Wildman–Crippen MR) is 87.0 cm³/mol. The van der Waals surface area contributed by atoms with Crippen molar-refractivity contribution >= 4 is 5.71 Å². The van der Waals surface area contributed by atoms with Crippen molar-refractivity contribution in [2.75, 3.05) is 0 Å². The third-order valence-electron chi connectivity index (χ3n) is 2.62. The van der Waals surface area contributed by atoms with Crippen LogP contribution in [0.3, 0.4) is 0 Å². The molecule has 0 saturated carbocycles. The molecule has 19 heavy (non-hydrogen) atoms. The third kappa shape index (κ3) is 5.38. The Bertz CT molecular complexity index is 467. The van der Waals surface area contributed by atoms with Crippen LogP contribution in [0.2, 0.25) is 0 Å². The van der Waals surface area contributed by atoms with E-state index in [1.54, 1.807) is 18.2 Å². The number of hydrogen-bond acceptors (Lipinski definition) is 2. The Labute approximate surface area is 117 Å². The molecule has 2 N–H and O–H groups in total. The molecule has 0 amide bonds. The molecule has 2 nitrogen and oxygen atoms in total. The quantitative estimate of drug-likeness (QED) is 0.530. The molecule has 0 aromatic carbocycles. The van der Waals surface area contributed by atoms with E-state index in [-0.39, 0.29) is 0 Å². The van der Waals surface area contributed by atoms with Gasteiger partial charge < -0.3 is 5.73 Å². The van der Waals surface area contributed by atoms with Crippen LogP contribution in [-0.2, 0) is 0 Å². The van der Waals surface area contributed by atoms with E-state index in [4.69, 9.17) is 5.73 Å². The molecule has 0 radical (unpaired) electrons. The number of rotatable bonds is 7. The molecule has 0 aliphatic heterocycles. The van der Waals surface area contributed by atoms with Crippen molar-refractivity contribution in [3.05, 3.63) is 72.7 Å². The summed E-state index contributed by atoms with van der Waals surface area (Å²) in [6.07, 6.45) is 9.39. The van der Waals surface area contributed by atoms with Gasteiger partial charge in [0.05, 0.1) is 11.4 Å². The van der Waals surface area contributed by atoms with Gasteiger partial charge in [-0.1, -0.05) is 44.4 Å². The van der Waals surface area contributed by atoms with Crippen molar-refractivity contribution in [2.45, 2.75) is 27.2 Å². The number of hydrogen-bond donors (Lipinski definition) is 1. The first kappa shape index (κ1) is 16.9. The molecule has 0 atom stereocenters. The fraction of sp³-hybridized carbons (Fsp3) is 0.235. The predicted octanol–water partition coefficient (Wildman–Crippen LogP) is 4.46. The van der Waals surface area contributed by atoms with Gasteiger partial charge >= 0.3 is 0 Å². The first-order chi connectivity index (χ1) is 9.01. The van der Waals surface area contributed by atoms with Crippen LogP contribution < -0.4 is 5.73 Å². The van der Waals surface area contributed by atoms with Gasteiger partial charge in [0, 0.05) is 5.57 Å². The Morgan fingerprint density at radius 3 is 2.26 bits per heavy atom. The summed E-state index contributed by atoms with van der Waals surface area (Å²) in [4.78, 5) is 4.55. The second kappa shape index (κ2) is 8.92. The SMILES string of the molecule is C=C/C=C(\C=C/N)C(=C)N=C(C=C)C(CC)=C(C)C. The molecule has 0 heterocycles. The average Bonchev–Trinajstić information content (AvgIpc) is 2.37. The monoisotopic (exact) mass is 256 g/mol. The van der Waals surface area contributed by atoms with Crippen molar-refractivity contribution in [2.24, 2.45) is 10.7 Å². The maximum Gasteiger partial charge on any atom is 0.0662 e. The fourth-order valence-electron chi connectivity index (χ4n) is 1.72. The highest BCUT2D eigenvalue weighted by atomic mass is 14.8. The fourth-order valence-corrected chi connectivity index (χ4v) is 1.72. The molecule has 0 fully saturated rings. The minimum atomic E-state index is 0.642. The number of nitrogens with zero attached hydrogens (tertiary/aromatic N) is 1. The van der Waals surface area contributed by atoms with Crippen molar-refractivity contribution in [3.63, 3.8) is 0 Å². The van der Waals surface area contributed by atoms with Crippen LogP contribution in [0.1, 0.15) is 27.2 Å². The van der Waals surface area contributed by atoms with Gasteiger partial charge in [-0.25, -0.2) is 4.99 Å². The Kier molecular flexibility index (Phi) is 7.94. The van der Waals surface area contributed by atoms with Crippen molar-refractivity contribution in [1.29, 1.82) is 0 Å². The van der Waals surface area contributed by atoms with E-state index < -0.39 is 0 Å². The average molecular weight is 256 g/mol. The summed E-state index contributed by atoms with van der Waals surface area (Å²) >= 11 is 0. The van der Waals surface area contributed by atoms with Crippen LogP contribution in [0, 0.1) is 0 Å². The van der Waals surface area contributed by atoms with Crippen LogP contribution in [-0.4, -0.2) is 5.71 Å². The zero-order valence-electron chi connectivity index (χ0n) is 12.2. The molecule has 0 aliphatic carbocycles. The van der Waals surface area contributed by atoms with E-state index in [9.17, 15) is 0 Å². The lowest BCUT2D eigenvalue weighted by Gasteiger charge is -2.09. The maximum absolute atomic E-state index is 5.42. The van der Waals surface area contributed by atoms with Crippen LogP contribution in [0.4, 0.5) is 0 Å². The summed E-state index contributed by atoms with van der Waals surface area (Å²) in [5, 5.41) is 0. The van der Waals surface area contributed by atoms with Crippen molar-refractivity contribution in [1.82, 2.24) is 0 Å². The van der Waals surface area contributed by atoms with E-state index in [0.717, 1.165) is 17.7 Å². The molecule has 0 saturated heterocycles. The van der Waals surface area contributed by atoms with E-state index in [0.29, 0.717) is 5.70 Å². The smallest absolute Gasteiger partial charge is 0.0662 e. The lowest BCUT2D eigenvalue weighted by atomic mass is 10.0. The normalized spacial score (nSPS) is 12.4. The lowest BCUT2D eigenvalue weighted by Crippen LogP contribution is -2.01. The van der Waals surface area contributed by atoms with Gasteiger partial charge in [0.25, 0.3) is 0 Å². The van der Waals surface area contributed by atoms with Gasteiger partial charge in [-0.15, -0.1) is 0 Å². The number of nitrogens with two attached hydrogens (primary N) is 1. The first-order valence-electron chi connectivity index (χ1n) is 6.29. The summed E-state index contributed by atoms with van der Waals surface area (Å²) in [5.41, 5.74) is 10.2. The molecule has 0 aliphatic rings. The first-order valence-corrected chi connectivity index (χ1v) is 6.29. The van der Waals surface area contributed by atoms with Gasteiger partial charge in [0.15, 0.2) is 0 Å². The summed E-state index contributed by atoms with van der Waals surface area (Å²) in [5.74, 6) is 0. The Hall–Kier alpha value is -2.09. The zero-order valence-corrected chi connectivity index (χ0v) is 12.2. The molecular weight excluding hydrogens is 232 g/mol. The largest absolute Gasteiger partial charge is 0.405 e. The zero-order chi connectivity index (χ0) is 14.8. The van der Waals surface area contributed by atoms with Gasteiger partial charge in [-0.3, -0.25) is 0 Å². The highest BCUT2D eigenvalue weighted by molar-refractivity contribution is 6.09. The number of allylic oxidation sites excluding steroid dienone is 6. The molecule has 0 rings (SSSR count). The Morgan fingerprint density at radius 2 is 1.89 bits per heavy atom. The van der Waals surface area contributed by atoms with Crippen LogP contribution in [0.25, 0.3) is 0 Å². The van der Waals surface area contributed by atoms with Crippen LogP contribution in [0.5, 0.6) is 0 Å².